The minimum atomic E-state index is -0.547. The van der Waals surface area contributed by atoms with E-state index in [1.807, 2.05) is 0 Å². The Morgan fingerprint density at radius 2 is 2.50 bits per heavy atom. The van der Waals surface area contributed by atoms with E-state index in [-0.39, 0.29) is 5.82 Å². The van der Waals surface area contributed by atoms with E-state index < -0.39 is 5.97 Å². The van der Waals surface area contributed by atoms with Gasteiger partial charge in [0, 0.05) is 6.42 Å². The molecule has 0 fully saturated rings. The lowest BCUT2D eigenvalue weighted by Gasteiger charge is -1.89. The molecule has 1 aromatic rings. The molecule has 0 unspecified atom stereocenters. The van der Waals surface area contributed by atoms with Crippen LogP contribution in [0.2, 0.25) is 0 Å². The highest BCUT2D eigenvalue weighted by Gasteiger charge is 2.11. The highest BCUT2D eigenvalue weighted by Crippen LogP contribution is 1.94. The molecule has 0 radical (unpaired) electrons. The summed E-state index contributed by atoms with van der Waals surface area (Å²) in [6.07, 6.45) is 0.573. The van der Waals surface area contributed by atoms with Crippen molar-refractivity contribution in [1.82, 2.24) is 15.2 Å². The first-order valence-corrected chi connectivity index (χ1v) is 3.47. The molecular weight excluding hydrogens is 160 g/mol. The molecule has 1 heterocycles. The van der Waals surface area contributed by atoms with Crippen LogP contribution < -0.4 is 5.73 Å². The second kappa shape index (κ2) is 3.82. The Hall–Kier alpha value is -1.43. The molecule has 66 valence electrons. The summed E-state index contributed by atoms with van der Waals surface area (Å²) >= 11 is 0. The zero-order valence-corrected chi connectivity index (χ0v) is 6.70. The van der Waals surface area contributed by atoms with Crippen LogP contribution in [0.15, 0.2) is 0 Å². The second-order valence-corrected chi connectivity index (χ2v) is 2.14. The molecule has 0 saturated carbocycles. The van der Waals surface area contributed by atoms with E-state index >= 15 is 0 Å². The predicted molar refractivity (Wildman–Crippen MR) is 40.5 cm³/mol. The lowest BCUT2D eigenvalue weighted by molar-refractivity contribution is 0.0587. The van der Waals surface area contributed by atoms with Crippen molar-refractivity contribution in [2.45, 2.75) is 6.42 Å². The fourth-order valence-electron chi connectivity index (χ4n) is 0.726. The highest BCUT2D eigenvalue weighted by molar-refractivity contribution is 5.84. The maximum Gasteiger partial charge on any atom is 0.377 e. The van der Waals surface area contributed by atoms with E-state index in [0.29, 0.717) is 18.8 Å². The van der Waals surface area contributed by atoms with Crippen LogP contribution in [0.5, 0.6) is 0 Å². The van der Waals surface area contributed by atoms with E-state index in [0.717, 1.165) is 0 Å². The van der Waals surface area contributed by atoms with Crippen molar-refractivity contribution in [3.63, 3.8) is 0 Å². The number of rotatable bonds is 3. The number of H-pyrrole nitrogens is 1. The van der Waals surface area contributed by atoms with Crippen LogP contribution in [0.25, 0.3) is 0 Å². The number of nitrogens with zero attached hydrogens (tertiary/aromatic N) is 2. The number of aromatic amines is 1. The SMILES string of the molecule is COC(=O)c1n[nH]c(CCN)n1. The van der Waals surface area contributed by atoms with Crippen LogP contribution in [0.4, 0.5) is 0 Å². The number of methoxy groups -OCH3 is 1. The Labute approximate surface area is 69.1 Å². The molecule has 12 heavy (non-hydrogen) atoms. The van der Waals surface area contributed by atoms with Gasteiger partial charge in [0.1, 0.15) is 5.82 Å². The van der Waals surface area contributed by atoms with Gasteiger partial charge in [0.15, 0.2) is 0 Å². The number of hydrogen-bond donors (Lipinski definition) is 2. The molecule has 0 aliphatic rings. The Balaban J connectivity index is 2.70. The van der Waals surface area contributed by atoms with Crippen molar-refractivity contribution in [1.29, 1.82) is 0 Å². The van der Waals surface area contributed by atoms with Crippen molar-refractivity contribution in [3.05, 3.63) is 11.6 Å². The van der Waals surface area contributed by atoms with Crippen molar-refractivity contribution in [2.24, 2.45) is 5.73 Å². The summed E-state index contributed by atoms with van der Waals surface area (Å²) in [6, 6.07) is 0. The van der Waals surface area contributed by atoms with Gasteiger partial charge in [0.05, 0.1) is 7.11 Å². The van der Waals surface area contributed by atoms with Gasteiger partial charge in [0.25, 0.3) is 5.82 Å². The van der Waals surface area contributed by atoms with E-state index in [9.17, 15) is 4.79 Å². The molecule has 3 N–H and O–H groups in total. The number of nitrogens with two attached hydrogens (primary N) is 1. The van der Waals surface area contributed by atoms with E-state index in [4.69, 9.17) is 5.73 Å². The summed E-state index contributed by atoms with van der Waals surface area (Å²) in [5.74, 6) is 0.0911. The summed E-state index contributed by atoms with van der Waals surface area (Å²) in [5.41, 5.74) is 5.27. The van der Waals surface area contributed by atoms with Gasteiger partial charge in [0.2, 0.25) is 0 Å². The third kappa shape index (κ3) is 1.79. The normalized spacial score (nSPS) is 9.83. The van der Waals surface area contributed by atoms with Crippen molar-refractivity contribution >= 4 is 5.97 Å². The maximum absolute atomic E-state index is 10.8. The van der Waals surface area contributed by atoms with Crippen LogP contribution in [-0.4, -0.2) is 34.8 Å². The predicted octanol–water partition coefficient (Wildman–Crippen LogP) is -0.907. The van der Waals surface area contributed by atoms with Crippen LogP contribution in [-0.2, 0) is 11.2 Å². The highest BCUT2D eigenvalue weighted by atomic mass is 16.5. The van der Waals surface area contributed by atoms with Crippen LogP contribution >= 0.6 is 0 Å². The van der Waals surface area contributed by atoms with Gasteiger partial charge in [-0.2, -0.15) is 0 Å². The van der Waals surface area contributed by atoms with Crippen molar-refractivity contribution < 1.29 is 9.53 Å². The molecule has 0 aliphatic carbocycles. The lowest BCUT2D eigenvalue weighted by atomic mass is 10.4. The molecule has 0 saturated heterocycles. The minimum Gasteiger partial charge on any atom is -0.463 e. The molecule has 0 aromatic carbocycles. The summed E-state index contributed by atoms with van der Waals surface area (Å²) in [7, 11) is 1.28. The molecular formula is C6H10N4O2. The van der Waals surface area contributed by atoms with Crippen LogP contribution in [0.3, 0.4) is 0 Å². The molecule has 1 aromatic heterocycles. The average molecular weight is 170 g/mol. The number of ether oxygens (including phenoxy) is 1. The molecule has 6 nitrogen and oxygen atoms in total. The molecule has 0 aliphatic heterocycles. The number of aromatic nitrogens is 3. The Morgan fingerprint density at radius 3 is 3.08 bits per heavy atom. The van der Waals surface area contributed by atoms with Crippen molar-refractivity contribution in [3.8, 4) is 0 Å². The van der Waals surface area contributed by atoms with Gasteiger partial charge >= 0.3 is 5.97 Å². The largest absolute Gasteiger partial charge is 0.463 e. The van der Waals surface area contributed by atoms with Crippen LogP contribution in [0.1, 0.15) is 16.4 Å². The number of carbonyl (C=O) groups excluding carboxylic acids is 1. The van der Waals surface area contributed by atoms with E-state index in [1.165, 1.54) is 7.11 Å². The maximum atomic E-state index is 10.8. The molecule has 1 rings (SSSR count). The number of esters is 1. The van der Waals surface area contributed by atoms with Gasteiger partial charge in [-0.3, -0.25) is 5.10 Å². The smallest absolute Gasteiger partial charge is 0.377 e. The minimum absolute atomic E-state index is 0.0425. The first-order chi connectivity index (χ1) is 5.77. The number of nitrogens with one attached hydrogen (secondary N) is 1. The molecule has 0 amide bonds. The van der Waals surface area contributed by atoms with E-state index in [1.54, 1.807) is 0 Å². The monoisotopic (exact) mass is 170 g/mol. The van der Waals surface area contributed by atoms with Gasteiger partial charge in [-0.1, -0.05) is 0 Å². The second-order valence-electron chi connectivity index (χ2n) is 2.14. The fraction of sp³-hybridized carbons (Fsp3) is 0.500. The molecule has 0 bridgehead atoms. The van der Waals surface area contributed by atoms with Gasteiger partial charge in [-0.25, -0.2) is 9.78 Å². The summed E-state index contributed by atoms with van der Waals surface area (Å²) in [4.78, 5) is 14.7. The molecule has 0 spiro atoms. The van der Waals surface area contributed by atoms with Gasteiger partial charge in [-0.05, 0) is 6.54 Å². The fourth-order valence-corrected chi connectivity index (χ4v) is 0.726. The zero-order valence-electron chi connectivity index (χ0n) is 6.70. The van der Waals surface area contributed by atoms with Crippen molar-refractivity contribution in [2.75, 3.05) is 13.7 Å². The molecule has 6 heteroatoms. The van der Waals surface area contributed by atoms with E-state index in [2.05, 4.69) is 19.9 Å². The Bertz CT molecular complexity index is 270. The summed E-state index contributed by atoms with van der Waals surface area (Å²) < 4.78 is 4.41. The summed E-state index contributed by atoms with van der Waals surface area (Å²) in [5, 5.41) is 6.22. The first-order valence-electron chi connectivity index (χ1n) is 3.47. The lowest BCUT2D eigenvalue weighted by Crippen LogP contribution is -2.05. The Morgan fingerprint density at radius 1 is 1.75 bits per heavy atom. The van der Waals surface area contributed by atoms with Crippen LogP contribution in [0, 0.1) is 0 Å². The average Bonchev–Trinajstić information content (AvgIpc) is 2.52. The van der Waals surface area contributed by atoms with Gasteiger partial charge < -0.3 is 10.5 Å². The first kappa shape index (κ1) is 8.66. The third-order valence-electron chi connectivity index (χ3n) is 1.28. The zero-order chi connectivity index (χ0) is 8.97. The topological polar surface area (TPSA) is 93.9 Å². The standard InChI is InChI=1S/C6H10N4O2/c1-12-6(11)5-8-4(2-3-7)9-10-5/h2-3,7H2,1H3,(H,8,9,10). The third-order valence-corrected chi connectivity index (χ3v) is 1.28. The number of carbonyl (C=O) groups is 1. The quantitative estimate of drug-likeness (QED) is 0.573. The van der Waals surface area contributed by atoms with Gasteiger partial charge in [-0.15, -0.1) is 5.10 Å². The molecule has 0 atom stereocenters. The number of hydrogen-bond acceptors (Lipinski definition) is 5. The summed E-state index contributed by atoms with van der Waals surface area (Å²) in [6.45, 7) is 0.468. The Kier molecular flexibility index (Phi) is 2.76.